The van der Waals surface area contributed by atoms with Gasteiger partial charge in [0.2, 0.25) is 0 Å². The number of aliphatic hydroxyl groups is 1. The molecule has 0 aliphatic carbocycles. The predicted octanol–water partition coefficient (Wildman–Crippen LogP) is 0.138. The van der Waals surface area contributed by atoms with Crippen molar-refractivity contribution in [1.29, 1.82) is 0 Å². The fraction of sp³-hybridized carbons (Fsp3) is 0.455. The Bertz CT molecular complexity index is 238. The molecule has 0 radical (unpaired) electrons. The van der Waals surface area contributed by atoms with Crippen molar-refractivity contribution >= 4 is 0 Å². The third-order valence-corrected chi connectivity index (χ3v) is 2.04. The van der Waals surface area contributed by atoms with E-state index in [1.54, 1.807) is 0 Å². The molecule has 0 aromatic heterocycles. The number of benzene rings is 1. The fourth-order valence-electron chi connectivity index (χ4n) is 1.36. The van der Waals surface area contributed by atoms with Crippen LogP contribution in [0.4, 0.5) is 0 Å². The van der Waals surface area contributed by atoms with E-state index in [2.05, 4.69) is 17.4 Å². The first kappa shape index (κ1) is 11.2. The van der Waals surface area contributed by atoms with E-state index in [-0.39, 0.29) is 12.6 Å². The van der Waals surface area contributed by atoms with Crippen LogP contribution >= 0.6 is 0 Å². The maximum atomic E-state index is 8.57. The Morgan fingerprint density at radius 1 is 1.29 bits per heavy atom. The zero-order valence-electron chi connectivity index (χ0n) is 8.32. The Morgan fingerprint density at radius 3 is 2.64 bits per heavy atom. The van der Waals surface area contributed by atoms with Crippen LogP contribution in [0.2, 0.25) is 0 Å². The van der Waals surface area contributed by atoms with Gasteiger partial charge in [-0.2, -0.15) is 0 Å². The second kappa shape index (κ2) is 6.54. The van der Waals surface area contributed by atoms with E-state index in [0.29, 0.717) is 6.54 Å². The first-order chi connectivity index (χ1) is 6.83. The van der Waals surface area contributed by atoms with Gasteiger partial charge in [-0.05, 0) is 12.0 Å². The second-order valence-electron chi connectivity index (χ2n) is 3.38. The molecule has 0 saturated carbocycles. The summed E-state index contributed by atoms with van der Waals surface area (Å²) in [7, 11) is 0. The third-order valence-electron chi connectivity index (χ3n) is 2.04. The first-order valence-electron chi connectivity index (χ1n) is 4.94. The molecule has 1 unspecified atom stereocenters. The van der Waals surface area contributed by atoms with E-state index in [9.17, 15) is 0 Å². The Balaban J connectivity index is 2.23. The summed E-state index contributed by atoms with van der Waals surface area (Å²) < 4.78 is 0. The van der Waals surface area contributed by atoms with Crippen LogP contribution in [0.15, 0.2) is 30.3 Å². The summed E-state index contributed by atoms with van der Waals surface area (Å²) in [6.07, 6.45) is 0.874. The van der Waals surface area contributed by atoms with Crippen LogP contribution < -0.4 is 11.1 Å². The lowest BCUT2D eigenvalue weighted by atomic mass is 10.1. The number of nitrogens with two attached hydrogens (primary N) is 1. The molecule has 0 fully saturated rings. The molecule has 0 spiro atoms. The molecule has 0 aliphatic heterocycles. The minimum Gasteiger partial charge on any atom is -0.395 e. The predicted molar refractivity (Wildman–Crippen MR) is 58.1 cm³/mol. The Kier molecular flexibility index (Phi) is 5.22. The minimum absolute atomic E-state index is 0.115. The zero-order valence-corrected chi connectivity index (χ0v) is 8.32. The van der Waals surface area contributed by atoms with Crippen LogP contribution in [-0.4, -0.2) is 30.8 Å². The van der Waals surface area contributed by atoms with Gasteiger partial charge in [-0.1, -0.05) is 30.3 Å². The van der Waals surface area contributed by atoms with E-state index in [1.807, 2.05) is 18.2 Å². The van der Waals surface area contributed by atoms with Gasteiger partial charge in [-0.25, -0.2) is 0 Å². The van der Waals surface area contributed by atoms with Crippen molar-refractivity contribution in [2.75, 3.05) is 19.7 Å². The quantitative estimate of drug-likeness (QED) is 0.564. The fourth-order valence-corrected chi connectivity index (χ4v) is 1.36. The summed E-state index contributed by atoms with van der Waals surface area (Å²) in [5.41, 5.74) is 7.16. The Hall–Kier alpha value is -0.900. The molecule has 1 aromatic rings. The van der Waals surface area contributed by atoms with Gasteiger partial charge in [0, 0.05) is 19.1 Å². The highest BCUT2D eigenvalue weighted by molar-refractivity contribution is 5.15. The lowest BCUT2D eigenvalue weighted by Crippen LogP contribution is -2.36. The van der Waals surface area contributed by atoms with Crippen LogP contribution in [0.3, 0.4) is 0 Å². The smallest absolute Gasteiger partial charge is 0.0555 e. The van der Waals surface area contributed by atoms with Crippen molar-refractivity contribution < 1.29 is 5.11 Å². The molecule has 78 valence electrons. The van der Waals surface area contributed by atoms with Gasteiger partial charge >= 0.3 is 0 Å². The van der Waals surface area contributed by atoms with Crippen molar-refractivity contribution in [2.24, 2.45) is 5.73 Å². The van der Waals surface area contributed by atoms with Gasteiger partial charge in [0.15, 0.2) is 0 Å². The summed E-state index contributed by atoms with van der Waals surface area (Å²) >= 11 is 0. The Morgan fingerprint density at radius 2 is 2.00 bits per heavy atom. The van der Waals surface area contributed by atoms with Gasteiger partial charge in [0.05, 0.1) is 6.61 Å². The van der Waals surface area contributed by atoms with E-state index in [0.717, 1.165) is 13.0 Å². The highest BCUT2D eigenvalue weighted by Gasteiger charge is 2.02. The highest BCUT2D eigenvalue weighted by atomic mass is 16.3. The van der Waals surface area contributed by atoms with Crippen LogP contribution in [0.25, 0.3) is 0 Å². The van der Waals surface area contributed by atoms with Crippen LogP contribution in [0.5, 0.6) is 0 Å². The topological polar surface area (TPSA) is 58.3 Å². The van der Waals surface area contributed by atoms with Gasteiger partial charge in [-0.15, -0.1) is 0 Å². The van der Waals surface area contributed by atoms with Crippen molar-refractivity contribution in [3.05, 3.63) is 35.9 Å². The molecule has 4 N–H and O–H groups in total. The van der Waals surface area contributed by atoms with E-state index in [1.165, 1.54) is 5.56 Å². The molecular formula is C11H18N2O. The molecule has 0 amide bonds. The minimum atomic E-state index is 0.115. The van der Waals surface area contributed by atoms with Crippen molar-refractivity contribution in [3.8, 4) is 0 Å². The standard InChI is InChI=1S/C11H18N2O/c12-11(9-13-6-7-14)8-10-4-2-1-3-5-10/h1-5,11,13-14H,6-9,12H2. The van der Waals surface area contributed by atoms with Gasteiger partial charge in [-0.3, -0.25) is 0 Å². The van der Waals surface area contributed by atoms with Gasteiger partial charge in [0.1, 0.15) is 0 Å². The molecule has 3 nitrogen and oxygen atoms in total. The summed E-state index contributed by atoms with van der Waals surface area (Å²) in [5, 5.41) is 11.6. The average Bonchev–Trinajstić information content (AvgIpc) is 2.20. The van der Waals surface area contributed by atoms with Crippen molar-refractivity contribution in [3.63, 3.8) is 0 Å². The monoisotopic (exact) mass is 194 g/mol. The SMILES string of the molecule is NC(CNCCO)Cc1ccccc1. The van der Waals surface area contributed by atoms with Gasteiger partial charge in [0.25, 0.3) is 0 Å². The van der Waals surface area contributed by atoms with Crippen molar-refractivity contribution in [2.45, 2.75) is 12.5 Å². The number of rotatable bonds is 6. The van der Waals surface area contributed by atoms with Crippen LogP contribution in [0.1, 0.15) is 5.56 Å². The Labute approximate surface area is 84.9 Å². The molecule has 3 heteroatoms. The summed E-state index contributed by atoms with van der Waals surface area (Å²) in [6, 6.07) is 10.3. The second-order valence-corrected chi connectivity index (χ2v) is 3.38. The van der Waals surface area contributed by atoms with Crippen LogP contribution in [-0.2, 0) is 6.42 Å². The molecule has 0 saturated heterocycles. The lowest BCUT2D eigenvalue weighted by Gasteiger charge is -2.11. The zero-order chi connectivity index (χ0) is 10.2. The summed E-state index contributed by atoms with van der Waals surface area (Å²) in [4.78, 5) is 0. The maximum Gasteiger partial charge on any atom is 0.0555 e. The summed E-state index contributed by atoms with van der Waals surface area (Å²) in [5.74, 6) is 0. The molecule has 1 aromatic carbocycles. The van der Waals surface area contributed by atoms with Gasteiger partial charge < -0.3 is 16.2 Å². The lowest BCUT2D eigenvalue weighted by molar-refractivity contribution is 0.291. The number of aliphatic hydroxyl groups excluding tert-OH is 1. The highest BCUT2D eigenvalue weighted by Crippen LogP contribution is 2.00. The molecule has 14 heavy (non-hydrogen) atoms. The maximum absolute atomic E-state index is 8.57. The number of hydrogen-bond donors (Lipinski definition) is 3. The molecular weight excluding hydrogens is 176 g/mol. The van der Waals surface area contributed by atoms with Crippen molar-refractivity contribution in [1.82, 2.24) is 5.32 Å². The molecule has 1 rings (SSSR count). The first-order valence-corrected chi connectivity index (χ1v) is 4.94. The summed E-state index contributed by atoms with van der Waals surface area (Å²) in [6.45, 7) is 1.52. The number of hydrogen-bond acceptors (Lipinski definition) is 3. The molecule has 0 bridgehead atoms. The average molecular weight is 194 g/mol. The van der Waals surface area contributed by atoms with Crippen LogP contribution in [0, 0.1) is 0 Å². The molecule has 0 aliphatic rings. The van der Waals surface area contributed by atoms with E-state index in [4.69, 9.17) is 10.8 Å². The normalized spacial score (nSPS) is 12.7. The number of nitrogens with one attached hydrogen (secondary N) is 1. The third kappa shape index (κ3) is 4.37. The molecule has 1 atom stereocenters. The molecule has 0 heterocycles. The van der Waals surface area contributed by atoms with E-state index >= 15 is 0 Å². The van der Waals surface area contributed by atoms with E-state index < -0.39 is 0 Å². The largest absolute Gasteiger partial charge is 0.395 e.